The Morgan fingerprint density at radius 1 is 1.06 bits per heavy atom. The molecule has 0 spiro atoms. The normalized spacial score (nSPS) is 11.3. The van der Waals surface area contributed by atoms with Gasteiger partial charge >= 0.3 is 0 Å². The highest BCUT2D eigenvalue weighted by Crippen LogP contribution is 2.19. The molecule has 0 atom stereocenters. The molecule has 31 heavy (non-hydrogen) atoms. The Bertz CT molecular complexity index is 1420. The number of aromatic nitrogens is 7. The lowest BCUT2D eigenvalue weighted by molar-refractivity contribution is 0.369. The molecule has 9 nitrogen and oxygen atoms in total. The molecule has 0 saturated carbocycles. The van der Waals surface area contributed by atoms with Crippen molar-refractivity contribution in [1.82, 2.24) is 34.7 Å². The van der Waals surface area contributed by atoms with Gasteiger partial charge < -0.3 is 4.52 Å². The standard InChI is InChI=1S/C21H16BrN7O2/c1-2-13-3-9-16(10-4-13)29-20-18(25-27-29)21(30)28(12-23-20)11-17-24-19(26-31-17)14-5-7-15(22)8-6-14/h3-10,12H,2,11H2,1H3. The highest BCUT2D eigenvalue weighted by Gasteiger charge is 2.16. The average Bonchev–Trinajstić information content (AvgIpc) is 3.44. The van der Waals surface area contributed by atoms with Crippen molar-refractivity contribution in [3.05, 3.63) is 81.1 Å². The van der Waals surface area contributed by atoms with Gasteiger partial charge in [0, 0.05) is 10.0 Å². The largest absolute Gasteiger partial charge is 0.337 e. The van der Waals surface area contributed by atoms with Crippen molar-refractivity contribution in [2.75, 3.05) is 0 Å². The lowest BCUT2D eigenvalue weighted by atomic mass is 10.1. The molecule has 2 aromatic carbocycles. The molecule has 0 aliphatic carbocycles. The topological polar surface area (TPSA) is 105 Å². The van der Waals surface area contributed by atoms with Gasteiger partial charge in [-0.25, -0.2) is 4.98 Å². The van der Waals surface area contributed by atoms with Gasteiger partial charge in [0.05, 0.1) is 5.69 Å². The van der Waals surface area contributed by atoms with Crippen LogP contribution in [0.2, 0.25) is 0 Å². The van der Waals surface area contributed by atoms with Gasteiger partial charge in [-0.2, -0.15) is 9.67 Å². The Kier molecular flexibility index (Phi) is 4.91. The summed E-state index contributed by atoms with van der Waals surface area (Å²) in [5, 5.41) is 12.2. The smallest absolute Gasteiger partial charge is 0.284 e. The van der Waals surface area contributed by atoms with E-state index in [9.17, 15) is 4.79 Å². The van der Waals surface area contributed by atoms with E-state index in [1.165, 1.54) is 16.5 Å². The highest BCUT2D eigenvalue weighted by molar-refractivity contribution is 9.10. The van der Waals surface area contributed by atoms with Crippen LogP contribution in [0.3, 0.4) is 0 Å². The molecule has 0 aliphatic rings. The van der Waals surface area contributed by atoms with Gasteiger partial charge in [0.15, 0.2) is 11.2 Å². The summed E-state index contributed by atoms with van der Waals surface area (Å²) in [7, 11) is 0. The van der Waals surface area contributed by atoms with Gasteiger partial charge in [0.2, 0.25) is 11.7 Å². The predicted octanol–water partition coefficient (Wildman–Crippen LogP) is 3.40. The zero-order valence-electron chi connectivity index (χ0n) is 16.4. The fourth-order valence-corrected chi connectivity index (χ4v) is 3.45. The van der Waals surface area contributed by atoms with E-state index in [2.05, 4.69) is 48.3 Å². The number of benzene rings is 2. The van der Waals surface area contributed by atoms with Crippen molar-refractivity contribution < 1.29 is 4.52 Å². The van der Waals surface area contributed by atoms with Gasteiger partial charge in [-0.3, -0.25) is 9.36 Å². The Morgan fingerprint density at radius 2 is 1.84 bits per heavy atom. The second kappa shape index (κ2) is 7.88. The van der Waals surface area contributed by atoms with Crippen molar-refractivity contribution >= 4 is 27.1 Å². The molecule has 5 aromatic rings. The number of fused-ring (bicyclic) bond motifs is 1. The molecule has 5 rings (SSSR count). The van der Waals surface area contributed by atoms with Crippen LogP contribution in [-0.2, 0) is 13.0 Å². The molecule has 0 radical (unpaired) electrons. The van der Waals surface area contributed by atoms with E-state index in [4.69, 9.17) is 4.52 Å². The maximum atomic E-state index is 12.9. The molecular weight excluding hydrogens is 462 g/mol. The number of rotatable bonds is 5. The predicted molar refractivity (Wildman–Crippen MR) is 117 cm³/mol. The van der Waals surface area contributed by atoms with Crippen LogP contribution in [0, 0.1) is 0 Å². The first-order valence-corrected chi connectivity index (χ1v) is 10.4. The van der Waals surface area contributed by atoms with Gasteiger partial charge in [-0.05, 0) is 48.4 Å². The van der Waals surface area contributed by atoms with E-state index in [-0.39, 0.29) is 17.6 Å². The zero-order valence-corrected chi connectivity index (χ0v) is 18.0. The first-order valence-electron chi connectivity index (χ1n) is 9.61. The number of hydrogen-bond donors (Lipinski definition) is 0. The van der Waals surface area contributed by atoms with Crippen molar-refractivity contribution in [2.45, 2.75) is 19.9 Å². The third kappa shape index (κ3) is 3.66. The van der Waals surface area contributed by atoms with Crippen LogP contribution in [0.4, 0.5) is 0 Å². The van der Waals surface area contributed by atoms with Crippen LogP contribution < -0.4 is 5.56 Å². The van der Waals surface area contributed by atoms with Crippen molar-refractivity contribution in [3.8, 4) is 17.1 Å². The molecule has 3 heterocycles. The summed E-state index contributed by atoms with van der Waals surface area (Å²) in [6.45, 7) is 2.18. The number of hydrogen-bond acceptors (Lipinski definition) is 7. The molecule has 0 fully saturated rings. The first kappa shape index (κ1) is 19.3. The van der Waals surface area contributed by atoms with E-state index in [0.29, 0.717) is 17.4 Å². The second-order valence-electron chi connectivity index (χ2n) is 6.89. The molecule has 0 N–H and O–H groups in total. The third-order valence-electron chi connectivity index (χ3n) is 4.89. The molecule has 154 valence electrons. The van der Waals surface area contributed by atoms with Gasteiger partial charge in [0.25, 0.3) is 5.56 Å². The minimum Gasteiger partial charge on any atom is -0.337 e. The maximum Gasteiger partial charge on any atom is 0.284 e. The summed E-state index contributed by atoms with van der Waals surface area (Å²) in [6.07, 6.45) is 2.38. The van der Waals surface area contributed by atoms with Crippen LogP contribution in [0.25, 0.3) is 28.2 Å². The fourth-order valence-electron chi connectivity index (χ4n) is 3.18. The van der Waals surface area contributed by atoms with Crippen molar-refractivity contribution in [1.29, 1.82) is 0 Å². The summed E-state index contributed by atoms with van der Waals surface area (Å²) >= 11 is 3.40. The van der Waals surface area contributed by atoms with Gasteiger partial charge in [0.1, 0.15) is 12.9 Å². The quantitative estimate of drug-likeness (QED) is 0.381. The average molecular weight is 478 g/mol. The molecule has 0 saturated heterocycles. The van der Waals surface area contributed by atoms with Crippen molar-refractivity contribution in [3.63, 3.8) is 0 Å². The Labute approximate surface area is 184 Å². The lowest BCUT2D eigenvalue weighted by Gasteiger charge is -2.04. The van der Waals surface area contributed by atoms with E-state index >= 15 is 0 Å². The van der Waals surface area contributed by atoms with Crippen LogP contribution in [0.5, 0.6) is 0 Å². The van der Waals surface area contributed by atoms with E-state index < -0.39 is 0 Å². The Morgan fingerprint density at radius 3 is 2.58 bits per heavy atom. The van der Waals surface area contributed by atoms with Crippen molar-refractivity contribution in [2.24, 2.45) is 0 Å². The second-order valence-corrected chi connectivity index (χ2v) is 7.81. The van der Waals surface area contributed by atoms with Crippen LogP contribution in [0.15, 0.2) is 68.6 Å². The minimum atomic E-state index is -0.329. The monoisotopic (exact) mass is 477 g/mol. The molecular formula is C21H16BrN7O2. The lowest BCUT2D eigenvalue weighted by Crippen LogP contribution is -2.21. The van der Waals surface area contributed by atoms with Gasteiger partial charge in [-0.15, -0.1) is 5.10 Å². The maximum absolute atomic E-state index is 12.9. The van der Waals surface area contributed by atoms with Crippen LogP contribution in [-0.4, -0.2) is 34.7 Å². The highest BCUT2D eigenvalue weighted by atomic mass is 79.9. The SMILES string of the molecule is CCc1ccc(-n2nnc3c(=O)n(Cc4nc(-c5ccc(Br)cc5)no4)cnc32)cc1. The summed E-state index contributed by atoms with van der Waals surface area (Å²) in [5.74, 6) is 0.745. The number of nitrogens with zero attached hydrogens (tertiary/aromatic N) is 7. The third-order valence-corrected chi connectivity index (χ3v) is 5.42. The Balaban J connectivity index is 1.44. The molecule has 0 aliphatic heterocycles. The molecule has 0 bridgehead atoms. The molecule has 10 heteroatoms. The minimum absolute atomic E-state index is 0.0867. The van der Waals surface area contributed by atoms with E-state index in [0.717, 1.165) is 22.1 Å². The number of aryl methyl sites for hydroxylation is 1. The summed E-state index contributed by atoms with van der Waals surface area (Å²) < 4.78 is 9.20. The van der Waals surface area contributed by atoms with E-state index in [1.807, 2.05) is 48.5 Å². The summed E-state index contributed by atoms with van der Waals surface area (Å²) in [5.41, 5.74) is 3.06. The summed E-state index contributed by atoms with van der Waals surface area (Å²) in [4.78, 5) is 21.7. The molecule has 3 aromatic heterocycles. The Hall–Kier alpha value is -3.66. The van der Waals surface area contributed by atoms with E-state index in [1.54, 1.807) is 4.68 Å². The molecule has 0 amide bonds. The first-order chi connectivity index (χ1) is 15.1. The van der Waals surface area contributed by atoms with Gasteiger partial charge in [-0.1, -0.05) is 45.4 Å². The number of halogens is 1. The summed E-state index contributed by atoms with van der Waals surface area (Å²) in [6, 6.07) is 15.4. The van der Waals surface area contributed by atoms with Crippen LogP contribution in [0.1, 0.15) is 18.4 Å². The zero-order chi connectivity index (χ0) is 21.4. The molecule has 0 unspecified atom stereocenters. The fraction of sp³-hybridized carbons (Fsp3) is 0.143. The van der Waals surface area contributed by atoms with Crippen LogP contribution >= 0.6 is 15.9 Å².